The van der Waals surface area contributed by atoms with Gasteiger partial charge >= 0.3 is 6.18 Å². The number of hydrogen-bond donors (Lipinski definition) is 0. The van der Waals surface area contributed by atoms with Crippen LogP contribution in [0.3, 0.4) is 0 Å². The van der Waals surface area contributed by atoms with Crippen molar-refractivity contribution in [3.63, 3.8) is 0 Å². The van der Waals surface area contributed by atoms with E-state index in [9.17, 15) is 18.0 Å². The quantitative estimate of drug-likeness (QED) is 0.776. The highest BCUT2D eigenvalue weighted by Crippen LogP contribution is 2.29. The summed E-state index contributed by atoms with van der Waals surface area (Å²) in [5, 5.41) is -0.273. The van der Waals surface area contributed by atoms with Crippen LogP contribution in [0.1, 0.15) is 24.2 Å². The molecular formula is C11H10ClF3O2. The lowest BCUT2D eigenvalue weighted by molar-refractivity contribution is -0.0885. The van der Waals surface area contributed by atoms with Gasteiger partial charge in [0.25, 0.3) is 5.78 Å². The third-order valence-electron chi connectivity index (χ3n) is 1.81. The van der Waals surface area contributed by atoms with Gasteiger partial charge in [0.2, 0.25) is 0 Å². The minimum absolute atomic E-state index is 0.129. The first-order valence-electron chi connectivity index (χ1n) is 4.79. The summed E-state index contributed by atoms with van der Waals surface area (Å²) in [7, 11) is 0. The minimum atomic E-state index is -4.93. The van der Waals surface area contributed by atoms with Crippen molar-refractivity contribution in [3.05, 3.63) is 28.8 Å². The summed E-state index contributed by atoms with van der Waals surface area (Å²) in [6, 6.07) is 3.49. The molecular weight excluding hydrogens is 257 g/mol. The second-order valence-corrected chi connectivity index (χ2v) is 4.04. The average molecular weight is 267 g/mol. The molecule has 0 aliphatic carbocycles. The van der Waals surface area contributed by atoms with E-state index in [1.54, 1.807) is 13.8 Å². The Hall–Kier alpha value is -1.23. The van der Waals surface area contributed by atoms with E-state index in [-0.39, 0.29) is 11.1 Å². The molecule has 0 fully saturated rings. The van der Waals surface area contributed by atoms with Crippen LogP contribution < -0.4 is 4.74 Å². The third kappa shape index (κ3) is 3.63. The molecule has 2 nitrogen and oxygen atoms in total. The fourth-order valence-electron chi connectivity index (χ4n) is 1.18. The van der Waals surface area contributed by atoms with E-state index in [2.05, 4.69) is 0 Å². The molecule has 0 N–H and O–H groups in total. The molecule has 0 aromatic heterocycles. The normalized spacial score (nSPS) is 11.7. The highest BCUT2D eigenvalue weighted by Gasteiger charge is 2.40. The van der Waals surface area contributed by atoms with Crippen LogP contribution in [0.15, 0.2) is 18.2 Å². The van der Waals surface area contributed by atoms with Crippen LogP contribution in [0.25, 0.3) is 0 Å². The Labute approximate surface area is 101 Å². The molecule has 0 spiro atoms. The van der Waals surface area contributed by atoms with Gasteiger partial charge in [-0.1, -0.05) is 11.6 Å². The van der Waals surface area contributed by atoms with Crippen molar-refractivity contribution in [1.82, 2.24) is 0 Å². The Bertz CT molecular complexity index is 427. The molecule has 1 rings (SSSR count). The van der Waals surface area contributed by atoms with E-state index < -0.39 is 17.5 Å². The first-order chi connectivity index (χ1) is 7.71. The maximum atomic E-state index is 12.2. The van der Waals surface area contributed by atoms with Crippen molar-refractivity contribution >= 4 is 17.4 Å². The second-order valence-electron chi connectivity index (χ2n) is 3.64. The van der Waals surface area contributed by atoms with Gasteiger partial charge < -0.3 is 4.74 Å². The third-order valence-corrected chi connectivity index (χ3v) is 2.13. The molecule has 6 heteroatoms. The summed E-state index contributed by atoms with van der Waals surface area (Å²) in [6.07, 6.45) is -5.06. The molecule has 0 atom stereocenters. The standard InChI is InChI=1S/C11H10ClF3O2/c1-6(2)17-7-3-4-8(9(12)5-7)10(16)11(13,14)15/h3-6H,1-2H3. The summed E-state index contributed by atoms with van der Waals surface area (Å²) >= 11 is 5.61. The highest BCUT2D eigenvalue weighted by molar-refractivity contribution is 6.34. The molecule has 17 heavy (non-hydrogen) atoms. The second kappa shape index (κ2) is 4.96. The summed E-state index contributed by atoms with van der Waals surface area (Å²) in [5.74, 6) is -1.64. The molecule has 1 aromatic rings. The molecule has 0 heterocycles. The van der Waals surface area contributed by atoms with E-state index in [4.69, 9.17) is 16.3 Å². The highest BCUT2D eigenvalue weighted by atomic mass is 35.5. The van der Waals surface area contributed by atoms with E-state index in [1.807, 2.05) is 0 Å². The monoisotopic (exact) mass is 266 g/mol. The predicted octanol–water partition coefficient (Wildman–Crippen LogP) is 3.87. The lowest BCUT2D eigenvalue weighted by atomic mass is 10.1. The molecule has 0 bridgehead atoms. The first kappa shape index (κ1) is 13.8. The van der Waals surface area contributed by atoms with Gasteiger partial charge in [-0.15, -0.1) is 0 Å². The predicted molar refractivity (Wildman–Crippen MR) is 57.6 cm³/mol. The number of benzene rings is 1. The van der Waals surface area contributed by atoms with E-state index in [0.29, 0.717) is 5.75 Å². The van der Waals surface area contributed by atoms with Gasteiger partial charge in [-0.25, -0.2) is 0 Å². The Balaban J connectivity index is 3.02. The van der Waals surface area contributed by atoms with Gasteiger partial charge in [0.1, 0.15) is 5.75 Å². The summed E-state index contributed by atoms with van der Waals surface area (Å²) < 4.78 is 41.8. The molecule has 0 unspecified atom stereocenters. The van der Waals surface area contributed by atoms with Crippen LogP contribution in [-0.4, -0.2) is 18.1 Å². The average Bonchev–Trinajstić information content (AvgIpc) is 2.14. The van der Waals surface area contributed by atoms with Gasteiger partial charge in [-0.3, -0.25) is 4.79 Å². The van der Waals surface area contributed by atoms with Crippen LogP contribution >= 0.6 is 11.6 Å². The lowest BCUT2D eigenvalue weighted by Crippen LogP contribution is -2.23. The van der Waals surface area contributed by atoms with Crippen molar-refractivity contribution in [2.24, 2.45) is 0 Å². The molecule has 0 aliphatic heterocycles. The van der Waals surface area contributed by atoms with E-state index in [1.165, 1.54) is 12.1 Å². The number of ketones is 1. The largest absolute Gasteiger partial charge is 0.491 e. The van der Waals surface area contributed by atoms with Crippen LogP contribution in [0, 0.1) is 0 Å². The van der Waals surface area contributed by atoms with E-state index in [0.717, 1.165) is 6.07 Å². The minimum Gasteiger partial charge on any atom is -0.491 e. The molecule has 0 saturated carbocycles. The lowest BCUT2D eigenvalue weighted by Gasteiger charge is -2.12. The van der Waals surface area contributed by atoms with Crippen LogP contribution in [-0.2, 0) is 0 Å². The Morgan fingerprint density at radius 3 is 2.35 bits per heavy atom. The summed E-state index contributed by atoms with van der Waals surface area (Å²) in [5.41, 5.74) is -0.574. The number of Topliss-reactive ketones (excluding diaryl/α,β-unsaturated/α-hetero) is 1. The zero-order valence-electron chi connectivity index (χ0n) is 9.14. The molecule has 1 aromatic carbocycles. The molecule has 94 valence electrons. The van der Waals surface area contributed by atoms with Crippen molar-refractivity contribution < 1.29 is 22.7 Å². The van der Waals surface area contributed by atoms with Crippen molar-refractivity contribution in [2.75, 3.05) is 0 Å². The number of rotatable bonds is 3. The molecule has 0 amide bonds. The molecule has 0 radical (unpaired) electrons. The van der Waals surface area contributed by atoms with E-state index >= 15 is 0 Å². The van der Waals surface area contributed by atoms with Gasteiger partial charge in [0.05, 0.1) is 11.1 Å². The smallest absolute Gasteiger partial charge is 0.454 e. The summed E-state index contributed by atoms with van der Waals surface area (Å²) in [4.78, 5) is 11.0. The van der Waals surface area contributed by atoms with Crippen molar-refractivity contribution in [2.45, 2.75) is 26.1 Å². The van der Waals surface area contributed by atoms with Gasteiger partial charge in [0.15, 0.2) is 0 Å². The zero-order chi connectivity index (χ0) is 13.2. The SMILES string of the molecule is CC(C)Oc1ccc(C(=O)C(F)(F)F)c(Cl)c1. The van der Waals surface area contributed by atoms with Gasteiger partial charge in [-0.2, -0.15) is 13.2 Å². The maximum absolute atomic E-state index is 12.2. The fourth-order valence-corrected chi connectivity index (χ4v) is 1.43. The Morgan fingerprint density at radius 2 is 1.94 bits per heavy atom. The summed E-state index contributed by atoms with van der Waals surface area (Å²) in [6.45, 7) is 3.53. The first-order valence-corrected chi connectivity index (χ1v) is 5.17. The number of carbonyl (C=O) groups is 1. The maximum Gasteiger partial charge on any atom is 0.454 e. The van der Waals surface area contributed by atoms with Crippen LogP contribution in [0.5, 0.6) is 5.75 Å². The zero-order valence-corrected chi connectivity index (χ0v) is 9.89. The van der Waals surface area contributed by atoms with Gasteiger partial charge in [-0.05, 0) is 32.0 Å². The van der Waals surface area contributed by atoms with Gasteiger partial charge in [0, 0.05) is 5.56 Å². The van der Waals surface area contributed by atoms with Crippen LogP contribution in [0.4, 0.5) is 13.2 Å². The molecule has 0 saturated heterocycles. The number of alkyl halides is 3. The topological polar surface area (TPSA) is 26.3 Å². The number of halogens is 4. The van der Waals surface area contributed by atoms with Crippen molar-refractivity contribution in [3.8, 4) is 5.75 Å². The van der Waals surface area contributed by atoms with Crippen molar-refractivity contribution in [1.29, 1.82) is 0 Å². The fraction of sp³-hybridized carbons (Fsp3) is 0.364. The number of hydrogen-bond acceptors (Lipinski definition) is 2. The molecule has 0 aliphatic rings. The Kier molecular flexibility index (Phi) is 4.03. The number of ether oxygens (including phenoxy) is 1. The number of carbonyl (C=O) groups excluding carboxylic acids is 1. The van der Waals surface area contributed by atoms with Crippen LogP contribution in [0.2, 0.25) is 5.02 Å². The Morgan fingerprint density at radius 1 is 1.35 bits per heavy atom.